The molecule has 1 heterocycles. The highest BCUT2D eigenvalue weighted by Crippen LogP contribution is 2.37. The highest BCUT2D eigenvalue weighted by Gasteiger charge is 2.24. The Kier molecular flexibility index (Phi) is 5.78. The Morgan fingerprint density at radius 1 is 1.08 bits per heavy atom. The minimum atomic E-state index is -0.325. The van der Waals surface area contributed by atoms with Gasteiger partial charge in [0.2, 0.25) is 0 Å². The summed E-state index contributed by atoms with van der Waals surface area (Å²) in [6.45, 7) is 6.02. The van der Waals surface area contributed by atoms with Gasteiger partial charge in [-0.15, -0.1) is 0 Å². The van der Waals surface area contributed by atoms with Crippen molar-refractivity contribution >= 4 is 5.97 Å². The standard InChI is InChI=1S/C21H25NO4/c1-4-25-18-12-16-10-11-22-20(17(16)13-19(18)26-5-2)14-6-8-15(9-7-14)21(23)24-3/h6-9,12-13,20,22H,4-5,10-11H2,1-3H3/t20-/m1/s1. The summed E-state index contributed by atoms with van der Waals surface area (Å²) >= 11 is 0. The lowest BCUT2D eigenvalue weighted by atomic mass is 9.89. The summed E-state index contributed by atoms with van der Waals surface area (Å²) in [6, 6.07) is 11.8. The normalized spacial score (nSPS) is 15.9. The van der Waals surface area contributed by atoms with Gasteiger partial charge in [-0.3, -0.25) is 0 Å². The van der Waals surface area contributed by atoms with Gasteiger partial charge in [0.1, 0.15) is 0 Å². The predicted octanol–water partition coefficient (Wildman–Crippen LogP) is 3.51. The molecule has 2 aromatic rings. The summed E-state index contributed by atoms with van der Waals surface area (Å²) in [7, 11) is 1.39. The number of benzene rings is 2. The third-order valence-electron chi connectivity index (χ3n) is 4.52. The van der Waals surface area contributed by atoms with E-state index in [0.717, 1.165) is 30.0 Å². The Hall–Kier alpha value is -2.53. The first-order valence-corrected chi connectivity index (χ1v) is 9.02. The molecule has 0 saturated carbocycles. The zero-order valence-corrected chi connectivity index (χ0v) is 15.5. The van der Waals surface area contributed by atoms with E-state index < -0.39 is 0 Å². The van der Waals surface area contributed by atoms with Gasteiger partial charge in [-0.05, 0) is 61.2 Å². The first kappa shape index (κ1) is 18.3. The molecule has 26 heavy (non-hydrogen) atoms. The smallest absolute Gasteiger partial charge is 0.337 e. The predicted molar refractivity (Wildman–Crippen MR) is 100 cm³/mol. The minimum Gasteiger partial charge on any atom is -0.490 e. The van der Waals surface area contributed by atoms with Gasteiger partial charge in [-0.25, -0.2) is 4.79 Å². The molecule has 3 rings (SSSR count). The number of nitrogens with one attached hydrogen (secondary N) is 1. The molecule has 0 amide bonds. The van der Waals surface area contributed by atoms with Gasteiger partial charge in [0.15, 0.2) is 11.5 Å². The fourth-order valence-electron chi connectivity index (χ4n) is 3.33. The molecule has 138 valence electrons. The number of fused-ring (bicyclic) bond motifs is 1. The van der Waals surface area contributed by atoms with E-state index in [1.54, 1.807) is 12.1 Å². The maximum atomic E-state index is 11.6. The molecule has 1 atom stereocenters. The molecule has 1 aliphatic rings. The molecule has 0 aliphatic carbocycles. The molecule has 0 spiro atoms. The molecule has 0 fully saturated rings. The van der Waals surface area contributed by atoms with E-state index in [0.29, 0.717) is 18.8 Å². The molecule has 1 N–H and O–H groups in total. The number of rotatable bonds is 6. The van der Waals surface area contributed by atoms with E-state index in [4.69, 9.17) is 14.2 Å². The molecule has 0 saturated heterocycles. The van der Waals surface area contributed by atoms with Crippen molar-refractivity contribution in [1.29, 1.82) is 0 Å². The fraction of sp³-hybridized carbons (Fsp3) is 0.381. The average Bonchev–Trinajstić information content (AvgIpc) is 2.68. The number of methoxy groups -OCH3 is 1. The highest BCUT2D eigenvalue weighted by molar-refractivity contribution is 5.89. The lowest BCUT2D eigenvalue weighted by Gasteiger charge is -2.29. The first-order valence-electron chi connectivity index (χ1n) is 9.02. The molecule has 0 aromatic heterocycles. The summed E-state index contributed by atoms with van der Waals surface area (Å²) in [5, 5.41) is 3.56. The van der Waals surface area contributed by atoms with Crippen LogP contribution in [0.4, 0.5) is 0 Å². The molecule has 2 aromatic carbocycles. The quantitative estimate of drug-likeness (QED) is 0.804. The van der Waals surface area contributed by atoms with Crippen LogP contribution >= 0.6 is 0 Å². The van der Waals surface area contributed by atoms with Gasteiger partial charge in [0, 0.05) is 6.54 Å². The Labute approximate surface area is 154 Å². The van der Waals surface area contributed by atoms with Crippen molar-refractivity contribution in [1.82, 2.24) is 5.32 Å². The largest absolute Gasteiger partial charge is 0.490 e. The van der Waals surface area contributed by atoms with Crippen molar-refractivity contribution in [2.24, 2.45) is 0 Å². The van der Waals surface area contributed by atoms with Crippen LogP contribution in [0.2, 0.25) is 0 Å². The Morgan fingerprint density at radius 3 is 2.35 bits per heavy atom. The average molecular weight is 355 g/mol. The second kappa shape index (κ2) is 8.23. The van der Waals surface area contributed by atoms with Crippen LogP contribution < -0.4 is 14.8 Å². The maximum absolute atomic E-state index is 11.6. The first-order chi connectivity index (χ1) is 12.7. The van der Waals surface area contributed by atoms with Crippen LogP contribution in [0.1, 0.15) is 46.9 Å². The summed E-state index contributed by atoms with van der Waals surface area (Å²) < 4.78 is 16.3. The topological polar surface area (TPSA) is 56.8 Å². The Morgan fingerprint density at radius 2 is 1.73 bits per heavy atom. The van der Waals surface area contributed by atoms with Crippen molar-refractivity contribution in [2.45, 2.75) is 26.3 Å². The molecule has 0 unspecified atom stereocenters. The van der Waals surface area contributed by atoms with Gasteiger partial charge in [-0.2, -0.15) is 0 Å². The van der Waals surface area contributed by atoms with E-state index in [9.17, 15) is 4.79 Å². The third kappa shape index (κ3) is 3.68. The number of carbonyl (C=O) groups is 1. The molecular formula is C21H25NO4. The van der Waals surface area contributed by atoms with Crippen molar-refractivity contribution in [3.05, 3.63) is 58.7 Å². The zero-order chi connectivity index (χ0) is 18.5. The number of hydrogen-bond acceptors (Lipinski definition) is 5. The van der Waals surface area contributed by atoms with Crippen LogP contribution in [0.5, 0.6) is 11.5 Å². The van der Waals surface area contributed by atoms with Crippen molar-refractivity contribution < 1.29 is 19.0 Å². The Balaban J connectivity index is 1.97. The molecule has 1 aliphatic heterocycles. The summed E-state index contributed by atoms with van der Waals surface area (Å²) in [6.07, 6.45) is 0.943. The van der Waals surface area contributed by atoms with E-state index in [1.165, 1.54) is 18.2 Å². The van der Waals surface area contributed by atoms with E-state index in [2.05, 4.69) is 17.4 Å². The minimum absolute atomic E-state index is 0.0559. The number of carbonyl (C=O) groups excluding carboxylic acids is 1. The highest BCUT2D eigenvalue weighted by atomic mass is 16.5. The van der Waals surface area contributed by atoms with Crippen LogP contribution in [0.15, 0.2) is 36.4 Å². The SMILES string of the molecule is CCOc1cc2c(cc1OCC)[C@@H](c1ccc(C(=O)OC)cc1)NCC2. The monoisotopic (exact) mass is 355 g/mol. The molecule has 5 nitrogen and oxygen atoms in total. The van der Waals surface area contributed by atoms with E-state index >= 15 is 0 Å². The Bertz CT molecular complexity index is 770. The third-order valence-corrected chi connectivity index (χ3v) is 4.52. The van der Waals surface area contributed by atoms with Crippen LogP contribution in [-0.4, -0.2) is 32.8 Å². The lowest BCUT2D eigenvalue weighted by Crippen LogP contribution is -2.30. The van der Waals surface area contributed by atoms with Crippen molar-refractivity contribution in [3.63, 3.8) is 0 Å². The summed E-state index contributed by atoms with van der Waals surface area (Å²) in [4.78, 5) is 11.6. The second-order valence-electron chi connectivity index (χ2n) is 6.11. The molecule has 0 bridgehead atoms. The van der Waals surface area contributed by atoms with Gasteiger partial charge in [-0.1, -0.05) is 12.1 Å². The van der Waals surface area contributed by atoms with E-state index in [-0.39, 0.29) is 12.0 Å². The lowest BCUT2D eigenvalue weighted by molar-refractivity contribution is 0.0600. The van der Waals surface area contributed by atoms with Crippen molar-refractivity contribution in [2.75, 3.05) is 26.9 Å². The molecular weight excluding hydrogens is 330 g/mol. The van der Waals surface area contributed by atoms with Crippen LogP contribution in [-0.2, 0) is 11.2 Å². The van der Waals surface area contributed by atoms with Gasteiger partial charge < -0.3 is 19.5 Å². The van der Waals surface area contributed by atoms with Gasteiger partial charge >= 0.3 is 5.97 Å². The summed E-state index contributed by atoms with van der Waals surface area (Å²) in [5.74, 6) is 1.25. The van der Waals surface area contributed by atoms with Crippen LogP contribution in [0, 0.1) is 0 Å². The number of esters is 1. The fourth-order valence-corrected chi connectivity index (χ4v) is 3.33. The summed E-state index contributed by atoms with van der Waals surface area (Å²) in [5.41, 5.74) is 4.10. The zero-order valence-electron chi connectivity index (χ0n) is 15.5. The maximum Gasteiger partial charge on any atom is 0.337 e. The van der Waals surface area contributed by atoms with Gasteiger partial charge in [0.05, 0.1) is 31.9 Å². The van der Waals surface area contributed by atoms with Crippen LogP contribution in [0.3, 0.4) is 0 Å². The van der Waals surface area contributed by atoms with Gasteiger partial charge in [0.25, 0.3) is 0 Å². The number of ether oxygens (including phenoxy) is 3. The van der Waals surface area contributed by atoms with Crippen LogP contribution in [0.25, 0.3) is 0 Å². The molecule has 5 heteroatoms. The van der Waals surface area contributed by atoms with Crippen molar-refractivity contribution in [3.8, 4) is 11.5 Å². The van der Waals surface area contributed by atoms with E-state index in [1.807, 2.05) is 26.0 Å². The molecule has 0 radical (unpaired) electrons. The second-order valence-corrected chi connectivity index (χ2v) is 6.11. The number of hydrogen-bond donors (Lipinski definition) is 1.